The molecule has 6 nitrogen and oxygen atoms in total. The van der Waals surface area contributed by atoms with Gasteiger partial charge in [-0.3, -0.25) is 0 Å². The molecule has 1 unspecified atom stereocenters. The molecule has 0 saturated heterocycles. The highest BCUT2D eigenvalue weighted by Gasteiger charge is 2.35. The van der Waals surface area contributed by atoms with E-state index in [2.05, 4.69) is 10.3 Å². The number of aliphatic hydroxyl groups excluding tert-OH is 1. The molecule has 3 atom stereocenters. The number of anilines is 1. The fraction of sp³-hybridized carbons (Fsp3) is 0.400. The predicted octanol–water partition coefficient (Wildman–Crippen LogP) is 3.96. The number of pyridine rings is 1. The van der Waals surface area contributed by atoms with Crippen LogP contribution in [0.1, 0.15) is 42.5 Å². The van der Waals surface area contributed by atoms with E-state index in [4.69, 9.17) is 28.9 Å². The zero-order valence-electron chi connectivity index (χ0n) is 15.8. The first-order valence-corrected chi connectivity index (χ1v) is 9.94. The minimum absolute atomic E-state index is 0.00468. The van der Waals surface area contributed by atoms with Gasteiger partial charge in [0.1, 0.15) is 5.82 Å². The number of carbonyl (C=O) groups excluding carboxylic acids is 1. The molecule has 1 aromatic heterocycles. The van der Waals surface area contributed by atoms with Gasteiger partial charge in [0.2, 0.25) is 0 Å². The van der Waals surface area contributed by atoms with Crippen molar-refractivity contribution in [2.75, 3.05) is 18.5 Å². The molecular formula is C20H24Cl2N4O2. The quantitative estimate of drug-likeness (QED) is 0.679. The molecule has 0 saturated carbocycles. The van der Waals surface area contributed by atoms with Gasteiger partial charge in [-0.15, -0.1) is 0 Å². The van der Waals surface area contributed by atoms with Crippen molar-refractivity contribution in [1.29, 1.82) is 0 Å². The summed E-state index contributed by atoms with van der Waals surface area (Å²) >= 11 is 12.3. The van der Waals surface area contributed by atoms with Crippen molar-refractivity contribution in [2.24, 2.45) is 5.73 Å². The molecule has 0 fully saturated rings. The van der Waals surface area contributed by atoms with Crippen molar-refractivity contribution in [3.05, 3.63) is 57.2 Å². The van der Waals surface area contributed by atoms with E-state index in [1.807, 2.05) is 38.2 Å². The predicted molar refractivity (Wildman–Crippen MR) is 112 cm³/mol. The second-order valence-corrected chi connectivity index (χ2v) is 8.00. The summed E-state index contributed by atoms with van der Waals surface area (Å²) in [5.41, 5.74) is 8.74. The molecule has 0 spiro atoms. The van der Waals surface area contributed by atoms with Crippen LogP contribution in [0.25, 0.3) is 0 Å². The van der Waals surface area contributed by atoms with Crippen LogP contribution in [0.4, 0.5) is 10.6 Å². The molecular weight excluding hydrogens is 399 g/mol. The zero-order valence-corrected chi connectivity index (χ0v) is 17.3. The molecule has 2 heterocycles. The number of hydrogen-bond donors (Lipinski definition) is 3. The first-order valence-electron chi connectivity index (χ1n) is 9.19. The van der Waals surface area contributed by atoms with E-state index < -0.39 is 6.03 Å². The summed E-state index contributed by atoms with van der Waals surface area (Å²) in [6.45, 7) is 4.43. The van der Waals surface area contributed by atoms with Gasteiger partial charge >= 0.3 is 6.03 Å². The minimum atomic E-state index is -0.461. The van der Waals surface area contributed by atoms with E-state index in [1.165, 1.54) is 0 Å². The van der Waals surface area contributed by atoms with E-state index in [0.717, 1.165) is 16.7 Å². The lowest BCUT2D eigenvalue weighted by Crippen LogP contribution is -2.45. The topological polar surface area (TPSA) is 91.5 Å². The summed E-state index contributed by atoms with van der Waals surface area (Å²) in [4.78, 5) is 18.3. The molecule has 0 aliphatic carbocycles. The standard InChI is InChI=1S/C20H24Cl2N4O2/c1-11(10-27)25-18-8-15-14(9-24-18)5-6-26(20(23)28)19(15)12(2)13-3-4-16(21)17(22)7-13/h3-4,7-9,11-12,19,27H,5-6,10H2,1-2H3,(H2,23,28)(H,24,25)/t11-,12+,19?/m0/s1. The van der Waals surface area contributed by atoms with Crippen LogP contribution in [0.15, 0.2) is 30.5 Å². The molecule has 150 valence electrons. The molecule has 28 heavy (non-hydrogen) atoms. The van der Waals surface area contributed by atoms with Gasteiger partial charge in [0, 0.05) is 24.7 Å². The van der Waals surface area contributed by atoms with Gasteiger partial charge in [-0.05, 0) is 48.2 Å². The van der Waals surface area contributed by atoms with Gasteiger partial charge in [-0.25, -0.2) is 9.78 Å². The molecule has 1 aliphatic heterocycles. The third-order valence-electron chi connectivity index (χ3n) is 5.19. The van der Waals surface area contributed by atoms with Crippen LogP contribution in [-0.2, 0) is 6.42 Å². The van der Waals surface area contributed by atoms with Crippen LogP contribution in [0, 0.1) is 0 Å². The SMILES string of the molecule is C[C@H](c1ccc(Cl)c(Cl)c1)C1c2cc(N[C@@H](C)CO)ncc2CCN1C(N)=O. The van der Waals surface area contributed by atoms with Crippen molar-refractivity contribution in [2.45, 2.75) is 38.3 Å². The van der Waals surface area contributed by atoms with Crippen LogP contribution in [0.2, 0.25) is 10.0 Å². The smallest absolute Gasteiger partial charge is 0.315 e. The number of primary amides is 1. The molecule has 8 heteroatoms. The molecule has 2 amide bonds. The maximum Gasteiger partial charge on any atom is 0.315 e. The number of nitrogens with one attached hydrogen (secondary N) is 1. The van der Waals surface area contributed by atoms with Crippen molar-refractivity contribution in [1.82, 2.24) is 9.88 Å². The Morgan fingerprint density at radius 1 is 1.36 bits per heavy atom. The third kappa shape index (κ3) is 4.19. The highest BCUT2D eigenvalue weighted by Crippen LogP contribution is 2.41. The molecule has 4 N–H and O–H groups in total. The Balaban J connectivity index is 2.04. The second-order valence-electron chi connectivity index (χ2n) is 7.19. The van der Waals surface area contributed by atoms with Crippen LogP contribution >= 0.6 is 23.2 Å². The highest BCUT2D eigenvalue weighted by molar-refractivity contribution is 6.42. The summed E-state index contributed by atoms with van der Waals surface area (Å²) in [6.07, 6.45) is 2.51. The lowest BCUT2D eigenvalue weighted by Gasteiger charge is -2.40. The maximum absolute atomic E-state index is 12.2. The first kappa shape index (κ1) is 20.7. The number of hydrogen-bond acceptors (Lipinski definition) is 4. The van der Waals surface area contributed by atoms with Crippen molar-refractivity contribution in [3.8, 4) is 0 Å². The Bertz CT molecular complexity index is 877. The van der Waals surface area contributed by atoms with Gasteiger partial charge < -0.3 is 21.1 Å². The molecule has 1 aromatic carbocycles. The fourth-order valence-corrected chi connectivity index (χ4v) is 3.98. The number of benzene rings is 1. The average Bonchev–Trinajstić information content (AvgIpc) is 2.68. The van der Waals surface area contributed by atoms with Gasteiger partial charge in [0.25, 0.3) is 0 Å². The summed E-state index contributed by atoms with van der Waals surface area (Å²) < 4.78 is 0. The van der Waals surface area contributed by atoms with Crippen LogP contribution in [-0.4, -0.2) is 40.2 Å². The van der Waals surface area contributed by atoms with Gasteiger partial charge in [-0.1, -0.05) is 36.2 Å². The Morgan fingerprint density at radius 2 is 2.11 bits per heavy atom. The van der Waals surface area contributed by atoms with Gasteiger partial charge in [0.15, 0.2) is 0 Å². The number of nitrogens with two attached hydrogens (primary N) is 1. The third-order valence-corrected chi connectivity index (χ3v) is 5.93. The summed E-state index contributed by atoms with van der Waals surface area (Å²) in [6, 6.07) is 6.60. The maximum atomic E-state index is 12.2. The molecule has 2 aromatic rings. The number of aliphatic hydroxyl groups is 1. The van der Waals surface area contributed by atoms with Gasteiger partial charge in [0.05, 0.1) is 22.7 Å². The Kier molecular flexibility index (Phi) is 6.33. The fourth-order valence-electron chi connectivity index (χ4n) is 3.67. The molecule has 0 radical (unpaired) electrons. The number of aromatic nitrogens is 1. The minimum Gasteiger partial charge on any atom is -0.394 e. The number of amides is 2. The zero-order chi connectivity index (χ0) is 20.4. The Morgan fingerprint density at radius 3 is 2.75 bits per heavy atom. The lowest BCUT2D eigenvalue weighted by atomic mass is 9.83. The van der Waals surface area contributed by atoms with E-state index in [0.29, 0.717) is 28.8 Å². The first-order chi connectivity index (χ1) is 13.3. The number of carbonyl (C=O) groups is 1. The summed E-state index contributed by atoms with van der Waals surface area (Å²) in [7, 11) is 0. The Hall–Kier alpha value is -2.02. The van der Waals surface area contributed by atoms with E-state index in [1.54, 1.807) is 11.0 Å². The number of rotatable bonds is 5. The van der Waals surface area contributed by atoms with Crippen molar-refractivity contribution >= 4 is 35.1 Å². The molecule has 3 rings (SSSR count). The van der Waals surface area contributed by atoms with Crippen LogP contribution < -0.4 is 11.1 Å². The number of fused-ring (bicyclic) bond motifs is 1. The van der Waals surface area contributed by atoms with E-state index in [9.17, 15) is 9.90 Å². The van der Waals surface area contributed by atoms with Crippen LogP contribution in [0.3, 0.4) is 0 Å². The van der Waals surface area contributed by atoms with E-state index in [-0.39, 0.29) is 24.6 Å². The molecule has 1 aliphatic rings. The summed E-state index contributed by atoms with van der Waals surface area (Å²) in [5.74, 6) is 0.588. The van der Waals surface area contributed by atoms with Crippen molar-refractivity contribution < 1.29 is 9.90 Å². The summed E-state index contributed by atoms with van der Waals surface area (Å²) in [5, 5.41) is 13.4. The average molecular weight is 423 g/mol. The number of nitrogens with zero attached hydrogens (tertiary/aromatic N) is 2. The van der Waals surface area contributed by atoms with Crippen LogP contribution in [0.5, 0.6) is 0 Å². The largest absolute Gasteiger partial charge is 0.394 e. The monoisotopic (exact) mass is 422 g/mol. The highest BCUT2D eigenvalue weighted by atomic mass is 35.5. The lowest BCUT2D eigenvalue weighted by molar-refractivity contribution is 0.168. The number of urea groups is 1. The Labute approximate surface area is 174 Å². The van der Waals surface area contributed by atoms with Gasteiger partial charge in [-0.2, -0.15) is 0 Å². The number of halogens is 2. The second kappa shape index (κ2) is 8.55. The molecule has 0 bridgehead atoms. The van der Waals surface area contributed by atoms with E-state index >= 15 is 0 Å². The normalized spacial score (nSPS) is 18.3. The van der Waals surface area contributed by atoms with Crippen molar-refractivity contribution in [3.63, 3.8) is 0 Å².